The Hall–Kier alpha value is -0.980. The maximum absolute atomic E-state index is 12.8. The minimum atomic E-state index is -3.40. The zero-order chi connectivity index (χ0) is 12.9. The summed E-state index contributed by atoms with van der Waals surface area (Å²) in [6.45, 7) is 2.82. The van der Waals surface area contributed by atoms with Crippen LogP contribution in [-0.2, 0) is 16.4 Å². The van der Waals surface area contributed by atoms with Crippen molar-refractivity contribution in [1.29, 1.82) is 0 Å². The van der Waals surface area contributed by atoms with Gasteiger partial charge >= 0.3 is 0 Å². The van der Waals surface area contributed by atoms with Gasteiger partial charge in [-0.25, -0.2) is 17.9 Å². The quantitative estimate of drug-likeness (QED) is 0.734. The highest BCUT2D eigenvalue weighted by Crippen LogP contribution is 2.10. The second-order valence-corrected chi connectivity index (χ2v) is 5.67. The number of aryl methyl sites for hydroxylation is 1. The number of hydrogen-bond donors (Lipinski definition) is 2. The molecule has 0 aliphatic rings. The van der Waals surface area contributed by atoms with Crippen molar-refractivity contribution < 1.29 is 12.8 Å². The third kappa shape index (κ3) is 5.76. The van der Waals surface area contributed by atoms with E-state index < -0.39 is 10.0 Å². The first-order chi connectivity index (χ1) is 7.88. The van der Waals surface area contributed by atoms with Gasteiger partial charge in [-0.3, -0.25) is 0 Å². The van der Waals surface area contributed by atoms with Gasteiger partial charge in [0.05, 0.1) is 5.75 Å². The topological polar surface area (TPSA) is 72.2 Å². The van der Waals surface area contributed by atoms with Crippen LogP contribution in [0.5, 0.6) is 0 Å². The molecule has 4 nitrogen and oxygen atoms in total. The Morgan fingerprint density at radius 3 is 2.65 bits per heavy atom. The lowest BCUT2D eigenvalue weighted by atomic mass is 10.1. The number of benzene rings is 1. The molecule has 1 aromatic carbocycles. The number of nitrogens with one attached hydrogen (secondary N) is 1. The Morgan fingerprint density at radius 1 is 1.35 bits per heavy atom. The maximum Gasteiger partial charge on any atom is 0.210 e. The first-order valence-corrected chi connectivity index (χ1v) is 7.06. The molecule has 0 aromatic heterocycles. The maximum atomic E-state index is 12.8. The van der Waals surface area contributed by atoms with Gasteiger partial charge in [-0.15, -0.1) is 0 Å². The molecule has 3 N–H and O–H groups in total. The fourth-order valence-corrected chi connectivity index (χ4v) is 1.93. The Bertz CT molecular complexity index is 474. The number of nitrogens with two attached hydrogens (primary N) is 1. The van der Waals surface area contributed by atoms with Crippen molar-refractivity contribution >= 4 is 10.0 Å². The summed E-state index contributed by atoms with van der Waals surface area (Å²) in [4.78, 5) is 0. The van der Waals surface area contributed by atoms with E-state index in [1.165, 1.54) is 12.1 Å². The highest BCUT2D eigenvalue weighted by atomic mass is 32.2. The van der Waals surface area contributed by atoms with Gasteiger partial charge < -0.3 is 5.32 Å². The van der Waals surface area contributed by atoms with Gasteiger partial charge in [-0.2, -0.15) is 0 Å². The van der Waals surface area contributed by atoms with E-state index in [-0.39, 0.29) is 11.6 Å². The average Bonchev–Trinajstić information content (AvgIpc) is 2.18. The van der Waals surface area contributed by atoms with Crippen molar-refractivity contribution in [2.24, 2.45) is 5.14 Å². The summed E-state index contributed by atoms with van der Waals surface area (Å²) in [5, 5.41) is 7.84. The summed E-state index contributed by atoms with van der Waals surface area (Å²) in [5.74, 6) is -0.316. The van der Waals surface area contributed by atoms with Crippen LogP contribution in [0.3, 0.4) is 0 Å². The number of hydrogen-bond acceptors (Lipinski definition) is 3. The molecule has 1 rings (SSSR count). The Kier molecular flexibility index (Phi) is 5.04. The third-order valence-electron chi connectivity index (χ3n) is 2.44. The predicted molar refractivity (Wildman–Crippen MR) is 65.7 cm³/mol. The van der Waals surface area contributed by atoms with E-state index in [2.05, 4.69) is 5.32 Å². The molecule has 0 aliphatic carbocycles. The van der Waals surface area contributed by atoms with Crippen LogP contribution >= 0.6 is 0 Å². The molecule has 6 heteroatoms. The average molecular weight is 260 g/mol. The standard InChI is InChI=1S/C11H17FN2O2S/c1-9-8-11(12)3-2-10(9)4-5-14-6-7-17(13,15)16/h2-3,8,14H,4-7H2,1H3,(H2,13,15,16). The SMILES string of the molecule is Cc1cc(F)ccc1CCNCCS(N)(=O)=O. The van der Waals surface area contributed by atoms with Gasteiger partial charge in [0, 0.05) is 6.54 Å². The first kappa shape index (κ1) is 14.1. The molecule has 0 spiro atoms. The minimum Gasteiger partial charge on any atom is -0.315 e. The molecular formula is C11H17FN2O2S. The van der Waals surface area contributed by atoms with Gasteiger partial charge in [-0.05, 0) is 43.1 Å². The molecule has 0 fully saturated rings. The molecule has 0 bridgehead atoms. The van der Waals surface area contributed by atoms with Crippen LogP contribution in [0.2, 0.25) is 0 Å². The first-order valence-electron chi connectivity index (χ1n) is 5.35. The minimum absolute atomic E-state index is 0.0740. The number of primary sulfonamides is 1. The third-order valence-corrected chi connectivity index (χ3v) is 3.21. The van der Waals surface area contributed by atoms with Crippen molar-refractivity contribution in [2.75, 3.05) is 18.8 Å². The number of halogens is 1. The molecule has 0 saturated heterocycles. The van der Waals surface area contributed by atoms with Crippen LogP contribution < -0.4 is 10.5 Å². The summed E-state index contributed by atoms with van der Waals surface area (Å²) in [7, 11) is -3.40. The largest absolute Gasteiger partial charge is 0.315 e. The van der Waals surface area contributed by atoms with Crippen LogP contribution in [0.4, 0.5) is 4.39 Å². The Balaban J connectivity index is 2.32. The lowest BCUT2D eigenvalue weighted by Gasteiger charge is -2.07. The van der Waals surface area contributed by atoms with E-state index in [4.69, 9.17) is 5.14 Å². The molecule has 0 amide bonds. The zero-order valence-electron chi connectivity index (χ0n) is 9.74. The van der Waals surface area contributed by atoms with Crippen molar-refractivity contribution in [3.05, 3.63) is 35.1 Å². The van der Waals surface area contributed by atoms with Gasteiger partial charge in [0.15, 0.2) is 0 Å². The zero-order valence-corrected chi connectivity index (χ0v) is 10.6. The van der Waals surface area contributed by atoms with Crippen LogP contribution in [-0.4, -0.2) is 27.3 Å². The highest BCUT2D eigenvalue weighted by molar-refractivity contribution is 7.89. The van der Waals surface area contributed by atoms with E-state index in [9.17, 15) is 12.8 Å². The number of sulfonamides is 1. The van der Waals surface area contributed by atoms with Crippen molar-refractivity contribution in [3.8, 4) is 0 Å². The molecule has 0 atom stereocenters. The normalized spacial score (nSPS) is 11.7. The molecule has 0 aliphatic heterocycles. The highest BCUT2D eigenvalue weighted by Gasteiger charge is 2.02. The number of rotatable bonds is 6. The molecular weight excluding hydrogens is 243 g/mol. The van der Waals surface area contributed by atoms with Gasteiger partial charge in [0.25, 0.3) is 0 Å². The second kappa shape index (κ2) is 6.09. The fraction of sp³-hybridized carbons (Fsp3) is 0.455. The van der Waals surface area contributed by atoms with E-state index >= 15 is 0 Å². The molecule has 0 saturated carbocycles. The molecule has 0 heterocycles. The predicted octanol–water partition coefficient (Wildman–Crippen LogP) is 0.555. The van der Waals surface area contributed by atoms with E-state index in [0.29, 0.717) is 13.1 Å². The van der Waals surface area contributed by atoms with Gasteiger partial charge in [-0.1, -0.05) is 6.07 Å². The van der Waals surface area contributed by atoms with Crippen LogP contribution in [0, 0.1) is 12.7 Å². The molecule has 1 aromatic rings. The summed E-state index contributed by atoms with van der Waals surface area (Å²) < 4.78 is 34.1. The fourth-order valence-electron chi connectivity index (χ4n) is 1.50. The van der Waals surface area contributed by atoms with Gasteiger partial charge in [0.2, 0.25) is 10.0 Å². The van der Waals surface area contributed by atoms with E-state index in [1.807, 2.05) is 6.92 Å². The van der Waals surface area contributed by atoms with E-state index in [0.717, 1.165) is 17.5 Å². The smallest absolute Gasteiger partial charge is 0.210 e. The molecule has 0 radical (unpaired) electrons. The van der Waals surface area contributed by atoms with E-state index in [1.54, 1.807) is 6.07 Å². The lowest BCUT2D eigenvalue weighted by molar-refractivity contribution is 0.592. The van der Waals surface area contributed by atoms with Crippen LogP contribution in [0.25, 0.3) is 0 Å². The molecule has 96 valence electrons. The Morgan fingerprint density at radius 2 is 2.06 bits per heavy atom. The van der Waals surface area contributed by atoms with Crippen molar-refractivity contribution in [3.63, 3.8) is 0 Å². The summed E-state index contributed by atoms with van der Waals surface area (Å²) in [6.07, 6.45) is 0.733. The second-order valence-electron chi connectivity index (χ2n) is 3.94. The molecule has 17 heavy (non-hydrogen) atoms. The van der Waals surface area contributed by atoms with Crippen LogP contribution in [0.15, 0.2) is 18.2 Å². The van der Waals surface area contributed by atoms with Gasteiger partial charge in [0.1, 0.15) is 5.82 Å². The monoisotopic (exact) mass is 260 g/mol. The summed E-state index contributed by atoms with van der Waals surface area (Å²) in [5.41, 5.74) is 1.95. The molecule has 0 unspecified atom stereocenters. The Labute approximate surface area is 101 Å². The summed E-state index contributed by atoms with van der Waals surface area (Å²) >= 11 is 0. The van der Waals surface area contributed by atoms with Crippen LogP contribution in [0.1, 0.15) is 11.1 Å². The van der Waals surface area contributed by atoms with Crippen molar-refractivity contribution in [1.82, 2.24) is 5.32 Å². The van der Waals surface area contributed by atoms with Crippen molar-refractivity contribution in [2.45, 2.75) is 13.3 Å². The summed E-state index contributed by atoms with van der Waals surface area (Å²) in [6, 6.07) is 4.65. The lowest BCUT2D eigenvalue weighted by Crippen LogP contribution is -2.28.